The minimum atomic E-state index is -4.61. The molecule has 0 spiro atoms. The number of hydrogen-bond acceptors (Lipinski definition) is 4. The smallest absolute Gasteiger partial charge is 0.433 e. The fourth-order valence-corrected chi connectivity index (χ4v) is 4.85. The van der Waals surface area contributed by atoms with E-state index in [1.54, 1.807) is 30.3 Å². The monoisotopic (exact) mass is 516 g/mol. The summed E-state index contributed by atoms with van der Waals surface area (Å²) in [6, 6.07) is 15.2. The Morgan fingerprint density at radius 2 is 1.72 bits per heavy atom. The molecule has 1 aliphatic heterocycles. The van der Waals surface area contributed by atoms with E-state index in [1.165, 1.54) is 36.7 Å². The van der Waals surface area contributed by atoms with Crippen LogP contribution in [0.2, 0.25) is 5.02 Å². The number of nitrogens with zero attached hydrogens (tertiary/aromatic N) is 3. The average molecular weight is 517 g/mol. The minimum Gasteiger partial charge on any atom is -0.619 e. The van der Waals surface area contributed by atoms with E-state index in [0.29, 0.717) is 41.3 Å². The number of alkyl halides is 3. The highest BCUT2D eigenvalue weighted by Crippen LogP contribution is 2.38. The molecular weight excluding hydrogens is 496 g/mol. The molecular formula is C26H21ClF4N4O. The Kier molecular flexibility index (Phi) is 6.22. The number of anilines is 1. The predicted octanol–water partition coefficient (Wildman–Crippen LogP) is 5.55. The molecule has 0 aliphatic carbocycles. The van der Waals surface area contributed by atoms with Gasteiger partial charge in [0.2, 0.25) is 0 Å². The van der Waals surface area contributed by atoms with E-state index in [1.807, 2.05) is 0 Å². The summed E-state index contributed by atoms with van der Waals surface area (Å²) in [7, 11) is 0. The molecule has 1 aliphatic rings. The standard InChI is InChI=1S/C26H21ClF4N4O/c27-19-3-6-22-21(11-19)23(12-24(33-22)26(29,30)31)32-14-25(18-1-4-20(28)5-2-18)15-34(16-25)13-17-7-9-35(36)10-8-17/h1-12H,13-16H2,(H,32,33). The topological polar surface area (TPSA) is 55.1 Å². The maximum atomic E-state index is 13.6. The van der Waals surface area contributed by atoms with Gasteiger partial charge in [0, 0.05) is 59.8 Å². The third kappa shape index (κ3) is 4.94. The van der Waals surface area contributed by atoms with E-state index in [9.17, 15) is 22.8 Å². The number of likely N-dealkylation sites (tertiary alicyclic amines) is 1. The molecule has 36 heavy (non-hydrogen) atoms. The highest BCUT2D eigenvalue weighted by atomic mass is 35.5. The second-order valence-corrected chi connectivity index (χ2v) is 9.50. The van der Waals surface area contributed by atoms with Crippen LogP contribution in [0.25, 0.3) is 10.9 Å². The third-order valence-electron chi connectivity index (χ3n) is 6.46. The number of aromatic nitrogens is 2. The van der Waals surface area contributed by atoms with Gasteiger partial charge in [0.1, 0.15) is 11.5 Å². The number of hydrogen-bond donors (Lipinski definition) is 1. The van der Waals surface area contributed by atoms with Crippen LogP contribution in [0.5, 0.6) is 0 Å². The van der Waals surface area contributed by atoms with E-state index in [-0.39, 0.29) is 17.0 Å². The zero-order chi connectivity index (χ0) is 25.5. The minimum absolute atomic E-state index is 0.183. The summed E-state index contributed by atoms with van der Waals surface area (Å²) in [5.74, 6) is -0.363. The van der Waals surface area contributed by atoms with Gasteiger partial charge in [0.15, 0.2) is 12.4 Å². The van der Waals surface area contributed by atoms with E-state index in [2.05, 4.69) is 15.2 Å². The Hall–Kier alpha value is -3.43. The maximum absolute atomic E-state index is 13.6. The molecule has 186 valence electrons. The molecule has 0 radical (unpaired) electrons. The van der Waals surface area contributed by atoms with Gasteiger partial charge in [-0.1, -0.05) is 23.7 Å². The van der Waals surface area contributed by atoms with Crippen LogP contribution in [0.1, 0.15) is 16.8 Å². The second kappa shape index (κ2) is 9.22. The Bertz CT molecular complexity index is 1390. The maximum Gasteiger partial charge on any atom is 0.433 e. The zero-order valence-corrected chi connectivity index (χ0v) is 19.7. The summed E-state index contributed by atoms with van der Waals surface area (Å²) in [5, 5.41) is 15.4. The third-order valence-corrected chi connectivity index (χ3v) is 6.70. The first-order valence-electron chi connectivity index (χ1n) is 11.2. The summed E-state index contributed by atoms with van der Waals surface area (Å²) in [4.78, 5) is 5.93. The van der Waals surface area contributed by atoms with Crippen molar-refractivity contribution in [1.29, 1.82) is 0 Å². The van der Waals surface area contributed by atoms with Crippen LogP contribution < -0.4 is 10.0 Å². The lowest BCUT2D eigenvalue weighted by Crippen LogP contribution is -2.61. The van der Waals surface area contributed by atoms with Crippen LogP contribution in [0.4, 0.5) is 23.2 Å². The Balaban J connectivity index is 1.44. The molecule has 0 saturated carbocycles. The molecule has 1 saturated heterocycles. The largest absolute Gasteiger partial charge is 0.619 e. The first kappa shape index (κ1) is 24.3. The Morgan fingerprint density at radius 1 is 1.03 bits per heavy atom. The first-order chi connectivity index (χ1) is 17.1. The normalized spacial score (nSPS) is 15.6. The molecule has 0 unspecified atom stereocenters. The highest BCUT2D eigenvalue weighted by Gasteiger charge is 2.44. The lowest BCUT2D eigenvalue weighted by molar-refractivity contribution is -0.605. The second-order valence-electron chi connectivity index (χ2n) is 9.07. The highest BCUT2D eigenvalue weighted by molar-refractivity contribution is 6.31. The number of fused-ring (bicyclic) bond motifs is 1. The first-order valence-corrected chi connectivity index (χ1v) is 11.6. The molecule has 2 aromatic heterocycles. The van der Waals surface area contributed by atoms with Gasteiger partial charge in [-0.25, -0.2) is 9.37 Å². The average Bonchev–Trinajstić information content (AvgIpc) is 2.81. The number of benzene rings is 2. The van der Waals surface area contributed by atoms with Crippen molar-refractivity contribution in [1.82, 2.24) is 9.88 Å². The molecule has 10 heteroatoms. The van der Waals surface area contributed by atoms with E-state index in [0.717, 1.165) is 17.2 Å². The number of halogens is 5. The van der Waals surface area contributed by atoms with Crippen molar-refractivity contribution in [2.24, 2.45) is 0 Å². The molecule has 5 rings (SSSR count). The van der Waals surface area contributed by atoms with Crippen LogP contribution in [0.3, 0.4) is 0 Å². The molecule has 4 aromatic rings. The van der Waals surface area contributed by atoms with Gasteiger partial charge in [0.25, 0.3) is 0 Å². The fourth-order valence-electron chi connectivity index (χ4n) is 4.68. The summed E-state index contributed by atoms with van der Waals surface area (Å²) < 4.78 is 54.9. The summed E-state index contributed by atoms with van der Waals surface area (Å²) in [5.41, 5.74) is 0.844. The molecule has 1 fully saturated rings. The van der Waals surface area contributed by atoms with E-state index in [4.69, 9.17) is 11.6 Å². The van der Waals surface area contributed by atoms with Gasteiger partial charge in [-0.05, 0) is 47.5 Å². The summed E-state index contributed by atoms with van der Waals surface area (Å²) >= 11 is 6.12. The van der Waals surface area contributed by atoms with Crippen molar-refractivity contribution in [2.45, 2.75) is 18.1 Å². The molecule has 0 bridgehead atoms. The van der Waals surface area contributed by atoms with Gasteiger partial charge in [-0.2, -0.15) is 17.9 Å². The van der Waals surface area contributed by atoms with Crippen molar-refractivity contribution in [3.05, 3.63) is 106 Å². The SMILES string of the molecule is [O-][n+]1ccc(CN2CC(CNc3cc(C(F)(F)F)nc4ccc(Cl)cc34)(c3ccc(F)cc3)C2)cc1. The molecule has 3 heterocycles. The van der Waals surface area contributed by atoms with Gasteiger partial charge < -0.3 is 10.5 Å². The van der Waals surface area contributed by atoms with Crippen molar-refractivity contribution >= 4 is 28.2 Å². The molecule has 0 amide bonds. The van der Waals surface area contributed by atoms with Gasteiger partial charge >= 0.3 is 6.18 Å². The number of nitrogens with one attached hydrogen (secondary N) is 1. The van der Waals surface area contributed by atoms with Crippen molar-refractivity contribution < 1.29 is 22.3 Å². The number of pyridine rings is 2. The Morgan fingerprint density at radius 3 is 2.39 bits per heavy atom. The van der Waals surface area contributed by atoms with Crippen LogP contribution in [-0.2, 0) is 18.1 Å². The van der Waals surface area contributed by atoms with Crippen LogP contribution >= 0.6 is 11.6 Å². The molecule has 0 atom stereocenters. The van der Waals surface area contributed by atoms with Crippen LogP contribution in [0.15, 0.2) is 73.1 Å². The Labute approximate surface area is 209 Å². The lowest BCUT2D eigenvalue weighted by Gasteiger charge is -2.51. The van der Waals surface area contributed by atoms with Crippen molar-refractivity contribution in [2.75, 3.05) is 25.0 Å². The molecule has 5 nitrogen and oxygen atoms in total. The quantitative estimate of drug-likeness (QED) is 0.207. The molecule has 2 aromatic carbocycles. The van der Waals surface area contributed by atoms with Gasteiger partial charge in [-0.15, -0.1) is 0 Å². The predicted molar refractivity (Wildman–Crippen MR) is 129 cm³/mol. The lowest BCUT2D eigenvalue weighted by atomic mass is 9.73. The number of rotatable bonds is 6. The molecule has 1 N–H and O–H groups in total. The van der Waals surface area contributed by atoms with Crippen molar-refractivity contribution in [3.63, 3.8) is 0 Å². The van der Waals surface area contributed by atoms with E-state index < -0.39 is 17.3 Å². The fraction of sp³-hybridized carbons (Fsp3) is 0.231. The van der Waals surface area contributed by atoms with Crippen molar-refractivity contribution in [3.8, 4) is 0 Å². The van der Waals surface area contributed by atoms with E-state index >= 15 is 0 Å². The summed E-state index contributed by atoms with van der Waals surface area (Å²) in [6.07, 6.45) is -1.74. The van der Waals surface area contributed by atoms with Gasteiger partial charge in [0.05, 0.1) is 5.52 Å². The van der Waals surface area contributed by atoms with Crippen LogP contribution in [-0.4, -0.2) is 29.5 Å². The van der Waals surface area contributed by atoms with Gasteiger partial charge in [-0.3, -0.25) is 4.90 Å². The zero-order valence-electron chi connectivity index (χ0n) is 18.9. The summed E-state index contributed by atoms with van der Waals surface area (Å²) in [6.45, 7) is 2.10. The van der Waals surface area contributed by atoms with Crippen LogP contribution in [0, 0.1) is 11.0 Å².